The van der Waals surface area contributed by atoms with E-state index in [4.69, 9.17) is 4.74 Å². The third kappa shape index (κ3) is 4.50. The van der Waals surface area contributed by atoms with E-state index in [2.05, 4.69) is 10.6 Å². The standard InChI is InChI=1S/C18H24N4O5S/c1-27-11-15(23)21-7-8-22(18(26)14-5-3-9-28-14)13(10-21)17(25)20-12-4-2-6-19-16(12)24/h3,5,9,12-13H,2,4,6-8,10-11H2,1H3,(H,19,24)(H,20,25)/t12-,13+/m0/s1. The Morgan fingerprint density at radius 2 is 2.18 bits per heavy atom. The van der Waals surface area contributed by atoms with Crippen molar-refractivity contribution in [3.63, 3.8) is 0 Å². The second-order valence-corrected chi connectivity index (χ2v) is 7.71. The molecular formula is C18H24N4O5S. The monoisotopic (exact) mass is 408 g/mol. The highest BCUT2D eigenvalue weighted by molar-refractivity contribution is 7.12. The van der Waals surface area contributed by atoms with Gasteiger partial charge in [-0.2, -0.15) is 0 Å². The summed E-state index contributed by atoms with van der Waals surface area (Å²) in [6.45, 7) is 1.14. The Bertz CT molecular complexity index is 738. The van der Waals surface area contributed by atoms with Crippen molar-refractivity contribution >= 4 is 35.0 Å². The predicted octanol–water partition coefficient (Wildman–Crippen LogP) is -0.558. The largest absolute Gasteiger partial charge is 0.375 e. The predicted molar refractivity (Wildman–Crippen MR) is 102 cm³/mol. The van der Waals surface area contributed by atoms with Crippen LogP contribution < -0.4 is 10.6 Å². The highest BCUT2D eigenvalue weighted by Crippen LogP contribution is 2.18. The number of methoxy groups -OCH3 is 1. The summed E-state index contributed by atoms with van der Waals surface area (Å²) >= 11 is 1.30. The molecule has 9 nitrogen and oxygen atoms in total. The topological polar surface area (TPSA) is 108 Å². The zero-order chi connectivity index (χ0) is 20.1. The Balaban J connectivity index is 1.76. The van der Waals surface area contributed by atoms with E-state index in [1.807, 2.05) is 0 Å². The van der Waals surface area contributed by atoms with E-state index >= 15 is 0 Å². The smallest absolute Gasteiger partial charge is 0.264 e. The Labute approximate surface area is 167 Å². The lowest BCUT2D eigenvalue weighted by Crippen LogP contribution is -2.63. The van der Waals surface area contributed by atoms with Crippen LogP contribution in [0.25, 0.3) is 0 Å². The molecule has 2 atom stereocenters. The third-order valence-electron chi connectivity index (χ3n) is 4.90. The Morgan fingerprint density at radius 3 is 2.86 bits per heavy atom. The van der Waals surface area contributed by atoms with Gasteiger partial charge in [-0.05, 0) is 24.3 Å². The minimum atomic E-state index is -0.862. The van der Waals surface area contributed by atoms with Gasteiger partial charge in [0, 0.05) is 26.7 Å². The maximum atomic E-state index is 13.0. The molecule has 3 heterocycles. The molecular weight excluding hydrogens is 384 g/mol. The number of nitrogens with zero attached hydrogens (tertiary/aromatic N) is 2. The average Bonchev–Trinajstić information content (AvgIpc) is 3.23. The maximum absolute atomic E-state index is 13.0. The van der Waals surface area contributed by atoms with E-state index in [1.54, 1.807) is 17.5 Å². The van der Waals surface area contributed by atoms with Gasteiger partial charge in [0.15, 0.2) is 0 Å². The van der Waals surface area contributed by atoms with Crippen molar-refractivity contribution in [1.29, 1.82) is 0 Å². The van der Waals surface area contributed by atoms with Crippen LogP contribution in [0.1, 0.15) is 22.5 Å². The lowest BCUT2D eigenvalue weighted by molar-refractivity contribution is -0.141. The van der Waals surface area contributed by atoms with Crippen LogP contribution in [0.3, 0.4) is 0 Å². The summed E-state index contributed by atoms with van der Waals surface area (Å²) < 4.78 is 4.90. The summed E-state index contributed by atoms with van der Waals surface area (Å²) in [6, 6.07) is 2.00. The van der Waals surface area contributed by atoms with Crippen LogP contribution in [0.15, 0.2) is 17.5 Å². The van der Waals surface area contributed by atoms with Gasteiger partial charge in [0.25, 0.3) is 5.91 Å². The molecule has 2 aliphatic heterocycles. The second-order valence-electron chi connectivity index (χ2n) is 6.76. The minimum absolute atomic E-state index is 0.0689. The summed E-state index contributed by atoms with van der Waals surface area (Å²) in [5, 5.41) is 7.27. The van der Waals surface area contributed by atoms with Gasteiger partial charge in [-0.3, -0.25) is 19.2 Å². The molecule has 0 spiro atoms. The van der Waals surface area contributed by atoms with Gasteiger partial charge in [0.1, 0.15) is 18.7 Å². The average molecular weight is 408 g/mol. The van der Waals surface area contributed by atoms with Crippen LogP contribution in [-0.4, -0.2) is 85.4 Å². The zero-order valence-corrected chi connectivity index (χ0v) is 16.5. The molecule has 0 bridgehead atoms. The fourth-order valence-corrected chi connectivity index (χ4v) is 4.09. The lowest BCUT2D eigenvalue weighted by Gasteiger charge is -2.40. The first-order valence-electron chi connectivity index (χ1n) is 9.20. The molecule has 28 heavy (non-hydrogen) atoms. The number of hydrogen-bond donors (Lipinski definition) is 2. The molecule has 2 saturated heterocycles. The van der Waals surface area contributed by atoms with E-state index < -0.39 is 18.0 Å². The van der Waals surface area contributed by atoms with Crippen LogP contribution in [0.5, 0.6) is 0 Å². The van der Waals surface area contributed by atoms with Gasteiger partial charge in [0.05, 0.1) is 11.4 Å². The summed E-state index contributed by atoms with van der Waals surface area (Å²) in [4.78, 5) is 53.6. The van der Waals surface area contributed by atoms with Crippen molar-refractivity contribution in [2.45, 2.75) is 24.9 Å². The molecule has 0 radical (unpaired) electrons. The summed E-state index contributed by atoms with van der Waals surface area (Å²) in [5.74, 6) is -1.14. The summed E-state index contributed by atoms with van der Waals surface area (Å²) in [5.41, 5.74) is 0. The normalized spacial score (nSPS) is 22.5. The molecule has 4 amide bonds. The first-order chi connectivity index (χ1) is 13.5. The first-order valence-corrected chi connectivity index (χ1v) is 10.1. The van der Waals surface area contributed by atoms with E-state index in [0.29, 0.717) is 24.4 Å². The van der Waals surface area contributed by atoms with Crippen molar-refractivity contribution in [2.24, 2.45) is 0 Å². The second kappa shape index (κ2) is 9.16. The number of ether oxygens (including phenoxy) is 1. The number of carbonyl (C=O) groups is 4. The minimum Gasteiger partial charge on any atom is -0.375 e. The van der Waals surface area contributed by atoms with Gasteiger partial charge < -0.3 is 25.2 Å². The Morgan fingerprint density at radius 1 is 1.36 bits per heavy atom. The number of carbonyl (C=O) groups excluding carboxylic acids is 4. The number of rotatable bonds is 5. The summed E-state index contributed by atoms with van der Waals surface area (Å²) in [7, 11) is 1.43. The molecule has 3 rings (SSSR count). The van der Waals surface area contributed by atoms with Gasteiger partial charge in [0.2, 0.25) is 17.7 Å². The van der Waals surface area contributed by atoms with E-state index in [0.717, 1.165) is 6.42 Å². The lowest BCUT2D eigenvalue weighted by atomic mass is 10.0. The molecule has 2 N–H and O–H groups in total. The van der Waals surface area contributed by atoms with Gasteiger partial charge in [-0.25, -0.2) is 0 Å². The van der Waals surface area contributed by atoms with Crippen molar-refractivity contribution < 1.29 is 23.9 Å². The molecule has 1 aromatic heterocycles. The van der Waals surface area contributed by atoms with Crippen LogP contribution >= 0.6 is 11.3 Å². The van der Waals surface area contributed by atoms with Crippen molar-refractivity contribution in [3.8, 4) is 0 Å². The number of hydrogen-bond acceptors (Lipinski definition) is 6. The number of nitrogens with one attached hydrogen (secondary N) is 2. The number of piperazine rings is 1. The molecule has 152 valence electrons. The summed E-state index contributed by atoms with van der Waals surface area (Å²) in [6.07, 6.45) is 1.33. The Kier molecular flexibility index (Phi) is 6.63. The number of amides is 4. The van der Waals surface area contributed by atoms with Gasteiger partial charge in [-0.15, -0.1) is 11.3 Å². The highest BCUT2D eigenvalue weighted by Gasteiger charge is 2.39. The molecule has 2 aliphatic rings. The molecule has 1 aromatic rings. The van der Waals surface area contributed by atoms with Crippen molar-refractivity contribution in [2.75, 3.05) is 39.9 Å². The van der Waals surface area contributed by atoms with Crippen LogP contribution in [-0.2, 0) is 19.1 Å². The molecule has 0 aromatic carbocycles. The maximum Gasteiger partial charge on any atom is 0.264 e. The molecule has 10 heteroatoms. The van der Waals surface area contributed by atoms with Crippen LogP contribution in [0.2, 0.25) is 0 Å². The van der Waals surface area contributed by atoms with E-state index in [1.165, 1.54) is 28.2 Å². The SMILES string of the molecule is COCC(=O)N1CCN(C(=O)c2cccs2)[C@@H](C(=O)N[C@H]2CCCNC2=O)C1. The molecule has 2 fully saturated rings. The van der Waals surface area contributed by atoms with Crippen molar-refractivity contribution in [1.82, 2.24) is 20.4 Å². The zero-order valence-electron chi connectivity index (χ0n) is 15.7. The van der Waals surface area contributed by atoms with Gasteiger partial charge in [-0.1, -0.05) is 6.07 Å². The number of piperidine rings is 1. The fourth-order valence-electron chi connectivity index (χ4n) is 3.41. The van der Waals surface area contributed by atoms with E-state index in [9.17, 15) is 19.2 Å². The quantitative estimate of drug-likeness (QED) is 0.679. The molecule has 0 saturated carbocycles. The van der Waals surface area contributed by atoms with Crippen molar-refractivity contribution in [3.05, 3.63) is 22.4 Å². The number of thiophene rings is 1. The van der Waals surface area contributed by atoms with E-state index in [-0.39, 0.29) is 37.4 Å². The molecule has 0 unspecified atom stereocenters. The van der Waals surface area contributed by atoms with Crippen LogP contribution in [0.4, 0.5) is 0 Å². The van der Waals surface area contributed by atoms with Gasteiger partial charge >= 0.3 is 0 Å². The fraction of sp³-hybridized carbons (Fsp3) is 0.556. The third-order valence-corrected chi connectivity index (χ3v) is 5.76. The Hall–Kier alpha value is -2.46. The highest BCUT2D eigenvalue weighted by atomic mass is 32.1. The molecule has 0 aliphatic carbocycles. The first kappa shape index (κ1) is 20.3. The van der Waals surface area contributed by atoms with Crippen LogP contribution in [0, 0.1) is 0 Å².